The number of methoxy groups -OCH3 is 2. The van der Waals surface area contributed by atoms with E-state index in [1.807, 2.05) is 0 Å². The van der Waals surface area contributed by atoms with Crippen LogP contribution in [-0.4, -0.2) is 32.6 Å². The predicted octanol–water partition coefficient (Wildman–Crippen LogP) is 3.07. The monoisotopic (exact) mass is 386 g/mol. The van der Waals surface area contributed by atoms with E-state index in [1.165, 1.54) is 19.2 Å². The zero-order chi connectivity index (χ0) is 20.3. The molecule has 0 radical (unpaired) electrons. The molecule has 0 aliphatic carbocycles. The number of benzene rings is 2. The predicted molar refractivity (Wildman–Crippen MR) is 103 cm³/mol. The summed E-state index contributed by atoms with van der Waals surface area (Å²) in [7, 11) is 3.07. The Morgan fingerprint density at radius 1 is 1.21 bits per heavy atom. The number of rotatable bonds is 6. The second-order valence-electron chi connectivity index (χ2n) is 6.73. The zero-order valence-electron chi connectivity index (χ0n) is 16.1. The first kappa shape index (κ1) is 19.7. The van der Waals surface area contributed by atoms with Crippen LogP contribution < -0.4 is 19.7 Å². The second-order valence-corrected chi connectivity index (χ2v) is 6.73. The summed E-state index contributed by atoms with van der Waals surface area (Å²) in [5.41, 5.74) is 1.24. The molecule has 7 heteroatoms. The number of hydrogen-bond donors (Lipinski definition) is 1. The van der Waals surface area contributed by atoms with E-state index in [2.05, 4.69) is 5.32 Å². The van der Waals surface area contributed by atoms with E-state index in [9.17, 15) is 14.0 Å². The molecule has 3 rings (SSSR count). The van der Waals surface area contributed by atoms with Gasteiger partial charge in [0.1, 0.15) is 17.3 Å². The Morgan fingerprint density at radius 3 is 2.68 bits per heavy atom. The average Bonchev–Trinajstić information content (AvgIpc) is 3.09. The lowest BCUT2D eigenvalue weighted by atomic mass is 10.0. The minimum absolute atomic E-state index is 0.0993. The molecule has 0 spiro atoms. The van der Waals surface area contributed by atoms with Crippen molar-refractivity contribution in [2.75, 3.05) is 25.7 Å². The zero-order valence-corrected chi connectivity index (χ0v) is 16.1. The number of amides is 2. The van der Waals surface area contributed by atoms with Gasteiger partial charge in [0.25, 0.3) is 0 Å². The highest BCUT2D eigenvalue weighted by atomic mass is 19.1. The Morgan fingerprint density at radius 2 is 2.00 bits per heavy atom. The quantitative estimate of drug-likeness (QED) is 0.829. The smallest absolute Gasteiger partial charge is 0.227 e. The van der Waals surface area contributed by atoms with Crippen LogP contribution in [0.2, 0.25) is 0 Å². The molecule has 0 bridgehead atoms. The summed E-state index contributed by atoms with van der Waals surface area (Å²) < 4.78 is 24.0. The molecule has 1 aliphatic heterocycles. The summed E-state index contributed by atoms with van der Waals surface area (Å²) in [5, 5.41) is 2.87. The van der Waals surface area contributed by atoms with Crippen LogP contribution in [-0.2, 0) is 9.59 Å². The van der Waals surface area contributed by atoms with Crippen molar-refractivity contribution < 1.29 is 23.5 Å². The molecule has 6 nitrogen and oxygen atoms in total. The summed E-state index contributed by atoms with van der Waals surface area (Å²) in [6.45, 7) is 2.02. The maximum atomic E-state index is 13.4. The number of nitrogens with one attached hydrogen (secondary N) is 1. The Labute approximate surface area is 163 Å². The third kappa shape index (κ3) is 4.08. The van der Waals surface area contributed by atoms with E-state index >= 15 is 0 Å². The molecule has 0 unspecified atom stereocenters. The minimum Gasteiger partial charge on any atom is -0.497 e. The first-order chi connectivity index (χ1) is 13.4. The number of nitrogens with zero attached hydrogens (tertiary/aromatic N) is 1. The van der Waals surface area contributed by atoms with E-state index in [-0.39, 0.29) is 36.6 Å². The van der Waals surface area contributed by atoms with Gasteiger partial charge in [-0.2, -0.15) is 0 Å². The molecule has 1 N–H and O–H groups in total. The molecule has 148 valence electrons. The number of ether oxygens (including phenoxy) is 2. The maximum absolute atomic E-state index is 13.4. The summed E-state index contributed by atoms with van der Waals surface area (Å²) in [6.07, 6.45) is 0.0993. The number of halogens is 1. The number of carbonyl (C=O) groups is 2. The first-order valence-corrected chi connectivity index (χ1v) is 9.01. The maximum Gasteiger partial charge on any atom is 0.227 e. The highest BCUT2D eigenvalue weighted by Crippen LogP contribution is 2.36. The van der Waals surface area contributed by atoms with Crippen LogP contribution in [0.15, 0.2) is 42.5 Å². The Kier molecular flexibility index (Phi) is 5.82. The van der Waals surface area contributed by atoms with Crippen molar-refractivity contribution in [3.63, 3.8) is 0 Å². The topological polar surface area (TPSA) is 67.9 Å². The van der Waals surface area contributed by atoms with Gasteiger partial charge in [0.05, 0.1) is 31.9 Å². The molecule has 1 saturated heterocycles. The van der Waals surface area contributed by atoms with E-state index in [0.717, 1.165) is 0 Å². The highest BCUT2D eigenvalue weighted by Gasteiger charge is 2.36. The van der Waals surface area contributed by atoms with Crippen LogP contribution >= 0.6 is 0 Å². The van der Waals surface area contributed by atoms with Crippen molar-refractivity contribution in [1.82, 2.24) is 5.32 Å². The van der Waals surface area contributed by atoms with E-state index < -0.39 is 5.92 Å². The van der Waals surface area contributed by atoms with E-state index in [1.54, 1.807) is 49.3 Å². The van der Waals surface area contributed by atoms with Crippen LogP contribution in [0.5, 0.6) is 11.5 Å². The van der Waals surface area contributed by atoms with Gasteiger partial charge in [0.15, 0.2) is 0 Å². The second kappa shape index (κ2) is 8.29. The first-order valence-electron chi connectivity index (χ1n) is 9.01. The molecule has 0 aromatic heterocycles. The van der Waals surface area contributed by atoms with Gasteiger partial charge in [-0.15, -0.1) is 0 Å². The van der Waals surface area contributed by atoms with Crippen molar-refractivity contribution in [2.24, 2.45) is 5.92 Å². The van der Waals surface area contributed by atoms with Gasteiger partial charge in [0.2, 0.25) is 11.8 Å². The normalized spacial score (nSPS) is 17.4. The van der Waals surface area contributed by atoms with Crippen LogP contribution in [0, 0.1) is 11.7 Å². The largest absolute Gasteiger partial charge is 0.497 e. The van der Waals surface area contributed by atoms with Gasteiger partial charge in [-0.1, -0.05) is 12.1 Å². The molecular formula is C21H23FN2O4. The molecule has 1 aliphatic rings. The van der Waals surface area contributed by atoms with Crippen LogP contribution in [0.3, 0.4) is 0 Å². The van der Waals surface area contributed by atoms with Crippen molar-refractivity contribution in [1.29, 1.82) is 0 Å². The van der Waals surface area contributed by atoms with Crippen molar-refractivity contribution in [3.05, 3.63) is 53.8 Å². The van der Waals surface area contributed by atoms with Gasteiger partial charge < -0.3 is 19.7 Å². The molecule has 2 aromatic rings. The van der Waals surface area contributed by atoms with Crippen LogP contribution in [0.25, 0.3) is 0 Å². The molecule has 2 aromatic carbocycles. The van der Waals surface area contributed by atoms with E-state index in [0.29, 0.717) is 22.7 Å². The van der Waals surface area contributed by atoms with Crippen molar-refractivity contribution >= 4 is 17.5 Å². The molecule has 1 heterocycles. The van der Waals surface area contributed by atoms with Gasteiger partial charge >= 0.3 is 0 Å². The summed E-state index contributed by atoms with van der Waals surface area (Å²) >= 11 is 0. The molecule has 28 heavy (non-hydrogen) atoms. The average molecular weight is 386 g/mol. The SMILES string of the molecule is COc1ccc(OC)c(N2C[C@H](C(=O)N[C@H](C)c3cccc(F)c3)CC2=O)c1. The lowest BCUT2D eigenvalue weighted by Gasteiger charge is -2.21. The fourth-order valence-corrected chi connectivity index (χ4v) is 3.31. The fourth-order valence-electron chi connectivity index (χ4n) is 3.31. The van der Waals surface area contributed by atoms with Gasteiger partial charge in [0, 0.05) is 19.0 Å². The Hall–Kier alpha value is -3.09. The highest BCUT2D eigenvalue weighted by molar-refractivity contribution is 6.01. The molecule has 1 fully saturated rings. The van der Waals surface area contributed by atoms with Gasteiger partial charge in [-0.05, 0) is 36.8 Å². The van der Waals surface area contributed by atoms with Crippen LogP contribution in [0.1, 0.15) is 24.9 Å². The lowest BCUT2D eigenvalue weighted by molar-refractivity contribution is -0.126. The standard InChI is InChI=1S/C21H23FN2O4/c1-13(14-5-4-6-16(22)9-14)23-21(26)15-10-20(25)24(12-15)18-11-17(27-2)7-8-19(18)28-3/h4-9,11,13,15H,10,12H2,1-3H3,(H,23,26)/t13-,15-/m1/s1. The number of anilines is 1. The Bertz CT molecular complexity index is 886. The van der Waals surface area contributed by atoms with E-state index in [4.69, 9.17) is 9.47 Å². The number of hydrogen-bond acceptors (Lipinski definition) is 4. The molecule has 0 saturated carbocycles. The lowest BCUT2D eigenvalue weighted by Crippen LogP contribution is -2.34. The Balaban J connectivity index is 1.73. The summed E-state index contributed by atoms with van der Waals surface area (Å²) in [6, 6.07) is 10.9. The van der Waals surface area contributed by atoms with Gasteiger partial charge in [-0.3, -0.25) is 9.59 Å². The van der Waals surface area contributed by atoms with Crippen molar-refractivity contribution in [2.45, 2.75) is 19.4 Å². The molecule has 2 atom stereocenters. The number of carbonyl (C=O) groups excluding carboxylic acids is 2. The molecular weight excluding hydrogens is 363 g/mol. The minimum atomic E-state index is -0.501. The van der Waals surface area contributed by atoms with Crippen molar-refractivity contribution in [3.8, 4) is 11.5 Å². The van der Waals surface area contributed by atoms with Crippen LogP contribution in [0.4, 0.5) is 10.1 Å². The third-order valence-corrected chi connectivity index (χ3v) is 4.88. The fraction of sp³-hybridized carbons (Fsp3) is 0.333. The summed E-state index contributed by atoms with van der Waals surface area (Å²) in [4.78, 5) is 26.8. The third-order valence-electron chi connectivity index (χ3n) is 4.88. The summed E-state index contributed by atoms with van der Waals surface area (Å²) in [5.74, 6) is -0.135. The molecule has 2 amide bonds. The van der Waals surface area contributed by atoms with Gasteiger partial charge in [-0.25, -0.2) is 4.39 Å².